The fourth-order valence-corrected chi connectivity index (χ4v) is 2.40. The minimum absolute atomic E-state index is 0.189. The van der Waals surface area contributed by atoms with E-state index in [4.69, 9.17) is 5.73 Å². The van der Waals surface area contributed by atoms with Crippen LogP contribution in [0.25, 0.3) is 0 Å². The number of amides is 3. The van der Waals surface area contributed by atoms with Crippen molar-refractivity contribution in [3.05, 3.63) is 29.8 Å². The number of rotatable bonds is 2. The van der Waals surface area contributed by atoms with E-state index in [0.29, 0.717) is 13.1 Å². The third-order valence-corrected chi connectivity index (χ3v) is 3.53. The van der Waals surface area contributed by atoms with Crippen LogP contribution in [0.1, 0.15) is 36.0 Å². The molecule has 2 rings (SSSR count). The summed E-state index contributed by atoms with van der Waals surface area (Å²) < 4.78 is 0. The predicted molar refractivity (Wildman–Crippen MR) is 78.6 cm³/mol. The van der Waals surface area contributed by atoms with Crippen LogP contribution in [-0.2, 0) is 9.59 Å². The molecule has 0 atom stereocenters. The van der Waals surface area contributed by atoms with Gasteiger partial charge >= 0.3 is 11.8 Å². The van der Waals surface area contributed by atoms with Gasteiger partial charge in [-0.25, -0.2) is 0 Å². The number of carbonyl (C=O) groups is 3. The highest BCUT2D eigenvalue weighted by atomic mass is 16.2. The van der Waals surface area contributed by atoms with Gasteiger partial charge in [-0.3, -0.25) is 14.4 Å². The van der Waals surface area contributed by atoms with Gasteiger partial charge in [-0.15, -0.1) is 0 Å². The van der Waals surface area contributed by atoms with E-state index in [2.05, 4.69) is 5.32 Å². The molecular weight excluding hydrogens is 270 g/mol. The molecule has 1 heterocycles. The third-order valence-electron chi connectivity index (χ3n) is 3.53. The Balaban J connectivity index is 2.07. The normalized spacial score (nSPS) is 15.1. The molecule has 21 heavy (non-hydrogen) atoms. The van der Waals surface area contributed by atoms with Crippen LogP contribution in [0.2, 0.25) is 0 Å². The first kappa shape index (κ1) is 15.0. The van der Waals surface area contributed by atoms with Crippen LogP contribution in [0.15, 0.2) is 24.3 Å². The Bertz CT molecular complexity index is 549. The Hall–Kier alpha value is -2.37. The summed E-state index contributed by atoms with van der Waals surface area (Å²) in [5, 5.41) is 2.48. The molecule has 1 aliphatic rings. The lowest BCUT2D eigenvalue weighted by atomic mass is 10.1. The monoisotopic (exact) mass is 289 g/mol. The van der Waals surface area contributed by atoms with Crippen molar-refractivity contribution in [2.75, 3.05) is 18.4 Å². The van der Waals surface area contributed by atoms with Gasteiger partial charge in [-0.2, -0.15) is 0 Å². The van der Waals surface area contributed by atoms with Crippen molar-refractivity contribution in [3.8, 4) is 0 Å². The zero-order valence-corrected chi connectivity index (χ0v) is 11.8. The van der Waals surface area contributed by atoms with Crippen molar-refractivity contribution in [3.63, 3.8) is 0 Å². The second kappa shape index (κ2) is 6.88. The van der Waals surface area contributed by atoms with Crippen molar-refractivity contribution < 1.29 is 14.4 Å². The number of benzene rings is 1. The van der Waals surface area contributed by atoms with Crippen LogP contribution >= 0.6 is 0 Å². The number of carbonyl (C=O) groups excluding carboxylic acids is 3. The molecule has 0 radical (unpaired) electrons. The number of primary amides is 1. The van der Waals surface area contributed by atoms with E-state index < -0.39 is 17.7 Å². The molecule has 0 saturated carbocycles. The van der Waals surface area contributed by atoms with Crippen LogP contribution in [0.4, 0.5) is 5.69 Å². The smallest absolute Gasteiger partial charge is 0.313 e. The van der Waals surface area contributed by atoms with Crippen LogP contribution in [0, 0.1) is 0 Å². The zero-order chi connectivity index (χ0) is 15.2. The Labute approximate surface area is 123 Å². The standard InChI is InChI=1S/C15H19N3O3/c16-13(19)11-7-3-4-8-12(11)17-14(20)15(21)18-9-5-1-2-6-10-18/h3-4,7-8H,1-2,5-6,9-10H2,(H2,16,19)(H,17,20). The van der Waals surface area contributed by atoms with Gasteiger partial charge in [-0.05, 0) is 25.0 Å². The molecule has 112 valence electrons. The van der Waals surface area contributed by atoms with E-state index in [9.17, 15) is 14.4 Å². The van der Waals surface area contributed by atoms with Crippen LogP contribution < -0.4 is 11.1 Å². The molecule has 6 nitrogen and oxygen atoms in total. The second-order valence-corrected chi connectivity index (χ2v) is 5.07. The molecule has 1 fully saturated rings. The molecule has 6 heteroatoms. The van der Waals surface area contributed by atoms with Crippen molar-refractivity contribution in [2.24, 2.45) is 5.73 Å². The number of nitrogens with zero attached hydrogens (tertiary/aromatic N) is 1. The van der Waals surface area contributed by atoms with Crippen LogP contribution in [0.5, 0.6) is 0 Å². The third kappa shape index (κ3) is 3.81. The van der Waals surface area contributed by atoms with E-state index in [1.54, 1.807) is 23.1 Å². The Morgan fingerprint density at radius 1 is 1.00 bits per heavy atom. The zero-order valence-electron chi connectivity index (χ0n) is 11.8. The molecule has 1 aromatic rings. The average Bonchev–Trinajstić information content (AvgIpc) is 2.75. The Morgan fingerprint density at radius 2 is 1.62 bits per heavy atom. The maximum absolute atomic E-state index is 12.1. The quantitative estimate of drug-likeness (QED) is 0.799. The summed E-state index contributed by atoms with van der Waals surface area (Å²) in [6.07, 6.45) is 3.99. The van der Waals surface area contributed by atoms with Gasteiger partial charge in [-0.1, -0.05) is 25.0 Å². The van der Waals surface area contributed by atoms with E-state index in [1.807, 2.05) is 0 Å². The summed E-state index contributed by atoms with van der Waals surface area (Å²) in [6, 6.07) is 6.37. The molecular formula is C15H19N3O3. The van der Waals surface area contributed by atoms with Crippen molar-refractivity contribution in [2.45, 2.75) is 25.7 Å². The minimum atomic E-state index is -0.731. The number of nitrogens with two attached hydrogens (primary N) is 1. The molecule has 3 N–H and O–H groups in total. The van der Waals surface area contributed by atoms with Crippen molar-refractivity contribution >= 4 is 23.4 Å². The first-order valence-electron chi connectivity index (χ1n) is 7.08. The number of para-hydroxylation sites is 1. The van der Waals surface area contributed by atoms with Crippen LogP contribution in [-0.4, -0.2) is 35.7 Å². The highest BCUT2D eigenvalue weighted by Gasteiger charge is 2.23. The van der Waals surface area contributed by atoms with Gasteiger partial charge in [0.1, 0.15) is 0 Å². The van der Waals surface area contributed by atoms with Gasteiger partial charge in [0.25, 0.3) is 5.91 Å². The van der Waals surface area contributed by atoms with E-state index in [0.717, 1.165) is 25.7 Å². The summed E-state index contributed by atoms with van der Waals surface area (Å²) in [6.45, 7) is 1.20. The molecule has 0 aliphatic carbocycles. The number of likely N-dealkylation sites (tertiary alicyclic amines) is 1. The lowest BCUT2D eigenvalue weighted by Crippen LogP contribution is -2.40. The SMILES string of the molecule is NC(=O)c1ccccc1NC(=O)C(=O)N1CCCCCC1. The fourth-order valence-electron chi connectivity index (χ4n) is 2.40. The summed E-state index contributed by atoms with van der Waals surface area (Å²) in [4.78, 5) is 37.0. The lowest BCUT2D eigenvalue weighted by molar-refractivity contribution is -0.143. The Morgan fingerprint density at radius 3 is 2.24 bits per heavy atom. The second-order valence-electron chi connectivity index (χ2n) is 5.07. The van der Waals surface area contributed by atoms with Gasteiger partial charge in [0.05, 0.1) is 11.3 Å². The molecule has 1 aromatic carbocycles. The average molecular weight is 289 g/mol. The summed E-state index contributed by atoms with van der Waals surface area (Å²) in [5.41, 5.74) is 5.70. The lowest BCUT2D eigenvalue weighted by Gasteiger charge is -2.19. The summed E-state index contributed by atoms with van der Waals surface area (Å²) in [7, 11) is 0. The predicted octanol–water partition coefficient (Wildman–Crippen LogP) is 1.13. The highest BCUT2D eigenvalue weighted by molar-refractivity contribution is 6.39. The van der Waals surface area contributed by atoms with Gasteiger partial charge in [0.2, 0.25) is 0 Å². The molecule has 0 bridgehead atoms. The molecule has 0 spiro atoms. The summed E-state index contributed by atoms with van der Waals surface area (Å²) >= 11 is 0. The first-order chi connectivity index (χ1) is 10.1. The number of nitrogens with one attached hydrogen (secondary N) is 1. The van der Waals surface area contributed by atoms with Crippen LogP contribution in [0.3, 0.4) is 0 Å². The number of anilines is 1. The minimum Gasteiger partial charge on any atom is -0.366 e. The highest BCUT2D eigenvalue weighted by Crippen LogP contribution is 2.15. The molecule has 3 amide bonds. The fraction of sp³-hybridized carbons (Fsp3) is 0.400. The summed E-state index contributed by atoms with van der Waals surface area (Å²) in [5.74, 6) is -1.94. The molecule has 0 aromatic heterocycles. The maximum atomic E-state index is 12.1. The van der Waals surface area contributed by atoms with E-state index in [1.165, 1.54) is 6.07 Å². The molecule has 1 saturated heterocycles. The Kier molecular flexibility index (Phi) is 4.92. The number of hydrogen-bond donors (Lipinski definition) is 2. The van der Waals surface area contributed by atoms with Crippen molar-refractivity contribution in [1.82, 2.24) is 4.90 Å². The van der Waals surface area contributed by atoms with E-state index >= 15 is 0 Å². The van der Waals surface area contributed by atoms with Gasteiger partial charge in [0.15, 0.2) is 0 Å². The largest absolute Gasteiger partial charge is 0.366 e. The van der Waals surface area contributed by atoms with E-state index in [-0.39, 0.29) is 11.3 Å². The maximum Gasteiger partial charge on any atom is 0.313 e. The first-order valence-corrected chi connectivity index (χ1v) is 7.08. The topological polar surface area (TPSA) is 92.5 Å². The number of hydrogen-bond acceptors (Lipinski definition) is 3. The van der Waals surface area contributed by atoms with Gasteiger partial charge < -0.3 is 16.0 Å². The van der Waals surface area contributed by atoms with Gasteiger partial charge in [0, 0.05) is 13.1 Å². The molecule has 1 aliphatic heterocycles. The molecule has 0 unspecified atom stereocenters. The van der Waals surface area contributed by atoms with Crippen molar-refractivity contribution in [1.29, 1.82) is 0 Å².